The van der Waals surface area contributed by atoms with E-state index in [-0.39, 0.29) is 12.2 Å². The highest BCUT2D eigenvalue weighted by Gasteiger charge is 2.16. The summed E-state index contributed by atoms with van der Waals surface area (Å²) in [6, 6.07) is 4.64. The molecule has 1 aromatic carbocycles. The average molecular weight is 356 g/mol. The molecule has 0 aliphatic heterocycles. The van der Waals surface area contributed by atoms with E-state index >= 15 is 0 Å². The van der Waals surface area contributed by atoms with Gasteiger partial charge >= 0.3 is 0 Å². The van der Waals surface area contributed by atoms with Crippen molar-refractivity contribution in [2.45, 2.75) is 13.1 Å². The van der Waals surface area contributed by atoms with Crippen LogP contribution in [0.3, 0.4) is 0 Å². The van der Waals surface area contributed by atoms with E-state index in [1.807, 2.05) is 0 Å². The van der Waals surface area contributed by atoms with E-state index in [9.17, 15) is 10.1 Å². The van der Waals surface area contributed by atoms with Crippen molar-refractivity contribution in [1.82, 2.24) is 14.8 Å². The van der Waals surface area contributed by atoms with Gasteiger partial charge < -0.3 is 15.0 Å². The molecule has 0 spiro atoms. The molecule has 2 aromatic rings. The molecule has 112 valence electrons. The van der Waals surface area contributed by atoms with E-state index in [0.29, 0.717) is 34.8 Å². The number of nitro benzene ring substituents is 1. The molecule has 1 heterocycles. The minimum atomic E-state index is -0.450. The summed E-state index contributed by atoms with van der Waals surface area (Å²) >= 11 is 3.27. The Hall–Kier alpha value is -1.84. The van der Waals surface area contributed by atoms with E-state index in [4.69, 9.17) is 10.5 Å². The maximum absolute atomic E-state index is 11.0. The van der Waals surface area contributed by atoms with Gasteiger partial charge in [0.15, 0.2) is 5.82 Å². The van der Waals surface area contributed by atoms with E-state index in [0.717, 1.165) is 0 Å². The molecule has 0 fully saturated rings. The van der Waals surface area contributed by atoms with Crippen LogP contribution in [0.5, 0.6) is 0 Å². The quantitative estimate of drug-likeness (QED) is 0.624. The van der Waals surface area contributed by atoms with Crippen molar-refractivity contribution in [2.75, 3.05) is 13.7 Å². The number of rotatable bonds is 6. The zero-order valence-corrected chi connectivity index (χ0v) is 12.9. The van der Waals surface area contributed by atoms with Gasteiger partial charge in [-0.25, -0.2) is 0 Å². The van der Waals surface area contributed by atoms with Crippen molar-refractivity contribution in [1.29, 1.82) is 0 Å². The van der Waals surface area contributed by atoms with Gasteiger partial charge in [-0.2, -0.15) is 0 Å². The summed E-state index contributed by atoms with van der Waals surface area (Å²) in [7, 11) is 1.59. The Kier molecular flexibility index (Phi) is 4.99. The summed E-state index contributed by atoms with van der Waals surface area (Å²) in [6.07, 6.45) is 0. The van der Waals surface area contributed by atoms with E-state index in [2.05, 4.69) is 26.1 Å². The molecule has 1 aromatic heterocycles. The number of nitrogens with zero attached hydrogens (tertiary/aromatic N) is 4. The van der Waals surface area contributed by atoms with Gasteiger partial charge in [0.2, 0.25) is 0 Å². The normalized spacial score (nSPS) is 10.8. The summed E-state index contributed by atoms with van der Waals surface area (Å²) in [4.78, 5) is 10.5. The first kappa shape index (κ1) is 15.5. The SMILES string of the molecule is COCCn1c(CN)nnc1-c1cc(Br)cc([N+](=O)[O-])c1. The molecule has 0 aliphatic rings. The van der Waals surface area contributed by atoms with Crippen molar-refractivity contribution in [3.63, 3.8) is 0 Å². The second-order valence-electron chi connectivity index (χ2n) is 4.24. The third-order valence-corrected chi connectivity index (χ3v) is 3.34. The smallest absolute Gasteiger partial charge is 0.271 e. The monoisotopic (exact) mass is 355 g/mol. The fraction of sp³-hybridized carbons (Fsp3) is 0.333. The summed E-state index contributed by atoms with van der Waals surface area (Å²) in [5.74, 6) is 1.13. The molecule has 21 heavy (non-hydrogen) atoms. The zero-order chi connectivity index (χ0) is 15.4. The van der Waals surface area contributed by atoms with Crippen LogP contribution in [0.25, 0.3) is 11.4 Å². The summed E-state index contributed by atoms with van der Waals surface area (Å²) in [6.45, 7) is 1.21. The molecular weight excluding hydrogens is 342 g/mol. The van der Waals surface area contributed by atoms with Crippen molar-refractivity contribution in [2.24, 2.45) is 5.73 Å². The molecule has 2 rings (SSSR count). The van der Waals surface area contributed by atoms with E-state index < -0.39 is 4.92 Å². The second-order valence-corrected chi connectivity index (χ2v) is 5.16. The van der Waals surface area contributed by atoms with Crippen LogP contribution in [0.2, 0.25) is 0 Å². The van der Waals surface area contributed by atoms with Crippen LogP contribution >= 0.6 is 15.9 Å². The first-order valence-electron chi connectivity index (χ1n) is 6.13. The molecule has 0 saturated heterocycles. The Morgan fingerprint density at radius 3 is 2.81 bits per heavy atom. The Labute approximate surface area is 129 Å². The Bertz CT molecular complexity index is 658. The summed E-state index contributed by atoms with van der Waals surface area (Å²) in [5, 5.41) is 19.1. The fourth-order valence-corrected chi connectivity index (χ4v) is 2.41. The molecule has 0 unspecified atom stereocenters. The second kappa shape index (κ2) is 6.74. The lowest BCUT2D eigenvalue weighted by atomic mass is 10.2. The molecule has 0 bridgehead atoms. The number of hydrogen-bond donors (Lipinski definition) is 1. The van der Waals surface area contributed by atoms with Crippen LogP contribution in [0.1, 0.15) is 5.82 Å². The van der Waals surface area contributed by atoms with E-state index in [1.165, 1.54) is 12.1 Å². The number of nitro groups is 1. The van der Waals surface area contributed by atoms with Crippen LogP contribution < -0.4 is 5.73 Å². The van der Waals surface area contributed by atoms with Crippen LogP contribution in [0, 0.1) is 10.1 Å². The molecule has 0 radical (unpaired) electrons. The predicted molar refractivity (Wildman–Crippen MR) is 79.6 cm³/mol. The van der Waals surface area contributed by atoms with E-state index in [1.54, 1.807) is 17.7 Å². The molecule has 0 aliphatic carbocycles. The van der Waals surface area contributed by atoms with Crippen LogP contribution in [-0.4, -0.2) is 33.4 Å². The van der Waals surface area contributed by atoms with Gasteiger partial charge in [0, 0.05) is 35.8 Å². The fourth-order valence-electron chi connectivity index (χ4n) is 1.93. The summed E-state index contributed by atoms with van der Waals surface area (Å²) in [5.41, 5.74) is 6.22. The first-order chi connectivity index (χ1) is 10.1. The molecule has 0 saturated carbocycles. The Morgan fingerprint density at radius 2 is 2.19 bits per heavy atom. The van der Waals surface area contributed by atoms with Crippen LogP contribution in [-0.2, 0) is 17.8 Å². The van der Waals surface area contributed by atoms with Crippen LogP contribution in [0.4, 0.5) is 5.69 Å². The lowest BCUT2D eigenvalue weighted by Crippen LogP contribution is -2.12. The number of hydrogen-bond acceptors (Lipinski definition) is 6. The van der Waals surface area contributed by atoms with Gasteiger partial charge in [-0.3, -0.25) is 10.1 Å². The van der Waals surface area contributed by atoms with Crippen LogP contribution in [0.15, 0.2) is 22.7 Å². The van der Waals surface area contributed by atoms with Gasteiger partial charge in [0.25, 0.3) is 5.69 Å². The number of halogens is 1. The molecular formula is C12H14BrN5O3. The highest BCUT2D eigenvalue weighted by Crippen LogP contribution is 2.28. The largest absolute Gasteiger partial charge is 0.383 e. The molecule has 8 nitrogen and oxygen atoms in total. The third-order valence-electron chi connectivity index (χ3n) is 2.88. The number of methoxy groups -OCH3 is 1. The first-order valence-corrected chi connectivity index (χ1v) is 6.92. The Balaban J connectivity index is 2.50. The lowest BCUT2D eigenvalue weighted by Gasteiger charge is -2.09. The number of nitrogens with two attached hydrogens (primary N) is 1. The topological polar surface area (TPSA) is 109 Å². The van der Waals surface area contributed by atoms with Crippen molar-refractivity contribution >= 4 is 21.6 Å². The van der Waals surface area contributed by atoms with Crippen molar-refractivity contribution < 1.29 is 9.66 Å². The average Bonchev–Trinajstić information content (AvgIpc) is 2.87. The van der Waals surface area contributed by atoms with Gasteiger partial charge in [0.05, 0.1) is 18.1 Å². The van der Waals surface area contributed by atoms with Crippen molar-refractivity contribution in [3.8, 4) is 11.4 Å². The number of aromatic nitrogens is 3. The number of ether oxygens (including phenoxy) is 1. The maximum atomic E-state index is 11.0. The number of benzene rings is 1. The highest BCUT2D eigenvalue weighted by atomic mass is 79.9. The lowest BCUT2D eigenvalue weighted by molar-refractivity contribution is -0.384. The van der Waals surface area contributed by atoms with Gasteiger partial charge in [-0.15, -0.1) is 10.2 Å². The zero-order valence-electron chi connectivity index (χ0n) is 11.3. The van der Waals surface area contributed by atoms with Gasteiger partial charge in [-0.05, 0) is 6.07 Å². The molecule has 0 atom stereocenters. The summed E-state index contributed by atoms with van der Waals surface area (Å²) < 4.78 is 7.46. The minimum Gasteiger partial charge on any atom is -0.383 e. The number of non-ortho nitro benzene ring substituents is 1. The minimum absolute atomic E-state index is 0.0186. The highest BCUT2D eigenvalue weighted by molar-refractivity contribution is 9.10. The molecule has 9 heteroatoms. The molecule has 2 N–H and O–H groups in total. The predicted octanol–water partition coefficient (Wildman–Crippen LogP) is 1.72. The standard InChI is InChI=1S/C12H14BrN5O3/c1-21-3-2-17-11(7-14)15-16-12(17)8-4-9(13)6-10(5-8)18(19)20/h4-6H,2-3,7,14H2,1H3. The Morgan fingerprint density at radius 1 is 1.43 bits per heavy atom. The third kappa shape index (κ3) is 3.43. The van der Waals surface area contributed by atoms with Gasteiger partial charge in [-0.1, -0.05) is 15.9 Å². The van der Waals surface area contributed by atoms with Gasteiger partial charge in [0.1, 0.15) is 5.82 Å². The maximum Gasteiger partial charge on any atom is 0.271 e. The van der Waals surface area contributed by atoms with Crippen molar-refractivity contribution in [3.05, 3.63) is 38.6 Å². The molecule has 0 amide bonds.